The Morgan fingerprint density at radius 2 is 2.03 bits per heavy atom. The standard InChI is InChI=1S/C19H18F3N5O4S/c20-19(21,22)18-24-16(26-31-18)13-3-5-23-17(28)14(13)7-11-8-15(10-1-2-10)27(25-11)12-4-6-32(29,30)9-12/h3,5,8,10,12H,1-2,4,6-7,9H2,(H,23,28). The number of H-pyrrole nitrogens is 1. The smallest absolute Gasteiger partial charge is 0.329 e. The highest BCUT2D eigenvalue weighted by atomic mass is 32.2. The van der Waals surface area contributed by atoms with E-state index in [-0.39, 0.29) is 40.9 Å². The molecule has 32 heavy (non-hydrogen) atoms. The normalized spacial score (nSPS) is 20.7. The largest absolute Gasteiger partial charge is 0.471 e. The first-order chi connectivity index (χ1) is 15.1. The second kappa shape index (κ2) is 7.29. The molecule has 9 nitrogen and oxygen atoms in total. The Balaban J connectivity index is 1.51. The third-order valence-corrected chi connectivity index (χ3v) is 7.45. The predicted octanol–water partition coefficient (Wildman–Crippen LogP) is 2.47. The van der Waals surface area contributed by atoms with Gasteiger partial charge in [0.1, 0.15) is 0 Å². The number of hydrogen-bond donors (Lipinski definition) is 1. The fourth-order valence-corrected chi connectivity index (χ4v) is 5.71. The zero-order valence-corrected chi connectivity index (χ0v) is 17.4. The number of rotatable bonds is 5. The van der Waals surface area contributed by atoms with E-state index in [9.17, 15) is 26.4 Å². The molecule has 0 radical (unpaired) electrons. The molecule has 0 amide bonds. The summed E-state index contributed by atoms with van der Waals surface area (Å²) in [5.74, 6) is -1.42. The zero-order chi connectivity index (χ0) is 22.7. The maximum absolute atomic E-state index is 12.9. The Bertz CT molecular complexity index is 1340. The Morgan fingerprint density at radius 1 is 1.25 bits per heavy atom. The highest BCUT2D eigenvalue weighted by Crippen LogP contribution is 2.42. The average molecular weight is 469 g/mol. The Kier molecular flexibility index (Phi) is 4.76. The first-order valence-electron chi connectivity index (χ1n) is 10.0. The molecule has 4 heterocycles. The summed E-state index contributed by atoms with van der Waals surface area (Å²) in [6.07, 6.45) is -1.05. The van der Waals surface area contributed by atoms with Gasteiger partial charge in [0.05, 0.1) is 23.2 Å². The maximum Gasteiger partial charge on any atom is 0.471 e. The Hall–Kier alpha value is -2.96. The van der Waals surface area contributed by atoms with Crippen LogP contribution in [0.25, 0.3) is 11.4 Å². The minimum Gasteiger partial charge on any atom is -0.329 e. The lowest BCUT2D eigenvalue weighted by molar-refractivity contribution is -0.159. The molecule has 1 saturated carbocycles. The number of halogens is 3. The monoisotopic (exact) mass is 469 g/mol. The van der Waals surface area contributed by atoms with Gasteiger partial charge in [0.2, 0.25) is 5.82 Å². The fraction of sp³-hybridized carbons (Fsp3) is 0.474. The van der Waals surface area contributed by atoms with Crippen molar-refractivity contribution >= 4 is 9.84 Å². The van der Waals surface area contributed by atoms with Gasteiger partial charge in [-0.3, -0.25) is 9.48 Å². The lowest BCUT2D eigenvalue weighted by atomic mass is 10.0. The van der Waals surface area contributed by atoms with Crippen molar-refractivity contribution in [3.63, 3.8) is 0 Å². The van der Waals surface area contributed by atoms with Crippen molar-refractivity contribution in [2.75, 3.05) is 11.5 Å². The maximum atomic E-state index is 12.9. The van der Waals surface area contributed by atoms with Gasteiger partial charge in [-0.25, -0.2) is 8.42 Å². The van der Waals surface area contributed by atoms with Crippen LogP contribution >= 0.6 is 0 Å². The van der Waals surface area contributed by atoms with Crippen LogP contribution in [0.1, 0.15) is 54.1 Å². The molecule has 13 heteroatoms. The second-order valence-corrected chi connectivity index (χ2v) is 10.4. The average Bonchev–Trinajstić information content (AvgIpc) is 3.11. The number of aromatic nitrogens is 5. The quantitative estimate of drug-likeness (QED) is 0.609. The molecule has 1 aliphatic heterocycles. The van der Waals surface area contributed by atoms with Crippen molar-refractivity contribution in [3.8, 4) is 11.4 Å². The summed E-state index contributed by atoms with van der Waals surface area (Å²) in [5, 5.41) is 7.97. The summed E-state index contributed by atoms with van der Waals surface area (Å²) in [5.41, 5.74) is 1.20. The summed E-state index contributed by atoms with van der Waals surface area (Å²) >= 11 is 0. The van der Waals surface area contributed by atoms with Crippen molar-refractivity contribution in [1.82, 2.24) is 24.9 Å². The van der Waals surface area contributed by atoms with Gasteiger partial charge >= 0.3 is 12.1 Å². The Morgan fingerprint density at radius 3 is 2.66 bits per heavy atom. The van der Waals surface area contributed by atoms with E-state index in [2.05, 4.69) is 24.7 Å². The number of nitrogens with zero attached hydrogens (tertiary/aromatic N) is 4. The van der Waals surface area contributed by atoms with Gasteiger partial charge in [-0.1, -0.05) is 5.16 Å². The van der Waals surface area contributed by atoms with Crippen molar-refractivity contribution in [2.45, 2.75) is 43.8 Å². The van der Waals surface area contributed by atoms with Crippen molar-refractivity contribution in [1.29, 1.82) is 0 Å². The minimum atomic E-state index is -4.80. The van der Waals surface area contributed by atoms with E-state index in [1.165, 1.54) is 12.3 Å². The first-order valence-corrected chi connectivity index (χ1v) is 11.8. The third-order valence-electron chi connectivity index (χ3n) is 5.70. The molecule has 3 aromatic heterocycles. The molecular weight excluding hydrogens is 451 g/mol. The fourth-order valence-electron chi connectivity index (χ4n) is 4.02. The van der Waals surface area contributed by atoms with Crippen LogP contribution in [0.4, 0.5) is 13.2 Å². The van der Waals surface area contributed by atoms with E-state index in [4.69, 9.17) is 0 Å². The van der Waals surface area contributed by atoms with Gasteiger partial charge in [0.15, 0.2) is 9.84 Å². The van der Waals surface area contributed by atoms with Crippen LogP contribution < -0.4 is 5.56 Å². The highest BCUT2D eigenvalue weighted by molar-refractivity contribution is 7.91. The number of aromatic amines is 1. The van der Waals surface area contributed by atoms with Crippen LogP contribution in [0, 0.1) is 0 Å². The summed E-state index contributed by atoms with van der Waals surface area (Å²) in [4.78, 5) is 18.4. The topological polar surface area (TPSA) is 124 Å². The molecule has 1 saturated heterocycles. The van der Waals surface area contributed by atoms with E-state index in [1.807, 2.05) is 6.07 Å². The van der Waals surface area contributed by atoms with Crippen LogP contribution in [0.15, 0.2) is 27.6 Å². The minimum absolute atomic E-state index is 0.0214. The van der Waals surface area contributed by atoms with E-state index in [0.717, 1.165) is 18.5 Å². The van der Waals surface area contributed by atoms with Crippen molar-refractivity contribution in [2.24, 2.45) is 0 Å². The molecule has 170 valence electrons. The number of sulfone groups is 1. The third kappa shape index (κ3) is 3.96. The van der Waals surface area contributed by atoms with Crippen molar-refractivity contribution < 1.29 is 26.1 Å². The summed E-state index contributed by atoms with van der Waals surface area (Å²) in [7, 11) is -3.11. The van der Waals surface area contributed by atoms with Crippen LogP contribution in [-0.4, -0.2) is 44.8 Å². The van der Waals surface area contributed by atoms with Crippen LogP contribution in [-0.2, 0) is 22.4 Å². The number of pyridine rings is 1. The summed E-state index contributed by atoms with van der Waals surface area (Å²) < 4.78 is 68.5. The number of hydrogen-bond acceptors (Lipinski definition) is 7. The predicted molar refractivity (Wildman–Crippen MR) is 105 cm³/mol. The van der Waals surface area contributed by atoms with Gasteiger partial charge in [0, 0.05) is 35.4 Å². The van der Waals surface area contributed by atoms with Crippen LogP contribution in [0.2, 0.25) is 0 Å². The molecule has 3 aromatic rings. The molecule has 1 unspecified atom stereocenters. The molecule has 1 atom stereocenters. The van der Waals surface area contributed by atoms with Crippen molar-refractivity contribution in [3.05, 3.63) is 51.5 Å². The van der Waals surface area contributed by atoms with Gasteiger partial charge in [-0.05, 0) is 31.4 Å². The van der Waals surface area contributed by atoms with E-state index in [0.29, 0.717) is 18.0 Å². The molecular formula is C19H18F3N5O4S. The zero-order valence-electron chi connectivity index (χ0n) is 16.6. The van der Waals surface area contributed by atoms with Gasteiger partial charge in [-0.2, -0.15) is 23.3 Å². The van der Waals surface area contributed by atoms with Gasteiger partial charge < -0.3 is 9.51 Å². The molecule has 2 aliphatic rings. The van der Waals surface area contributed by atoms with Gasteiger partial charge in [-0.15, -0.1) is 0 Å². The number of nitrogens with one attached hydrogen (secondary N) is 1. The SMILES string of the molecule is O=c1[nH]ccc(-c2noc(C(F)(F)F)n2)c1Cc1cc(C2CC2)n(C2CCS(=O)(=O)C2)n1. The van der Waals surface area contributed by atoms with E-state index < -0.39 is 27.5 Å². The van der Waals surface area contributed by atoms with E-state index >= 15 is 0 Å². The Labute approximate surface area is 179 Å². The van der Waals surface area contributed by atoms with Crippen LogP contribution in [0.5, 0.6) is 0 Å². The molecule has 5 rings (SSSR count). The second-order valence-electron chi connectivity index (χ2n) is 8.13. The highest BCUT2D eigenvalue weighted by Gasteiger charge is 2.39. The molecule has 0 bridgehead atoms. The summed E-state index contributed by atoms with van der Waals surface area (Å²) in [6.45, 7) is 0. The van der Waals surface area contributed by atoms with Crippen LogP contribution in [0.3, 0.4) is 0 Å². The first kappa shape index (κ1) is 20.9. The molecule has 0 spiro atoms. The molecule has 2 fully saturated rings. The summed E-state index contributed by atoms with van der Waals surface area (Å²) in [6, 6.07) is 2.99. The lowest BCUT2D eigenvalue weighted by Crippen LogP contribution is -2.16. The van der Waals surface area contributed by atoms with Gasteiger partial charge in [0.25, 0.3) is 5.56 Å². The molecule has 1 N–H and O–H groups in total. The molecule has 1 aliphatic carbocycles. The number of alkyl halides is 3. The lowest BCUT2D eigenvalue weighted by Gasteiger charge is -2.12. The van der Waals surface area contributed by atoms with E-state index in [1.54, 1.807) is 4.68 Å². The molecule has 0 aromatic carbocycles.